The van der Waals surface area contributed by atoms with Crippen LogP contribution in [0.5, 0.6) is 0 Å². The van der Waals surface area contributed by atoms with Gasteiger partial charge in [-0.15, -0.1) is 11.8 Å². The molecule has 0 spiro atoms. The van der Waals surface area contributed by atoms with Crippen LogP contribution in [0, 0.1) is 6.92 Å². The van der Waals surface area contributed by atoms with Crippen molar-refractivity contribution >= 4 is 40.4 Å². The van der Waals surface area contributed by atoms with Gasteiger partial charge in [0.05, 0.1) is 5.88 Å². The molecule has 1 aliphatic rings. The first-order valence-electron chi connectivity index (χ1n) is 4.76. The molecule has 1 aliphatic heterocycles. The van der Waals surface area contributed by atoms with Crippen LogP contribution in [0.25, 0.3) is 0 Å². The quantitative estimate of drug-likeness (QED) is 0.829. The first-order chi connectivity index (χ1) is 8.08. The number of hydrogen-bond acceptors (Lipinski definition) is 6. The molecule has 92 valence electrons. The highest BCUT2D eigenvalue weighted by Crippen LogP contribution is 2.22. The number of carboxylic acids is 1. The van der Waals surface area contributed by atoms with Crippen LogP contribution < -0.4 is 5.32 Å². The van der Waals surface area contributed by atoms with Crippen LogP contribution in [0.15, 0.2) is 0 Å². The third kappa shape index (κ3) is 2.67. The van der Waals surface area contributed by atoms with E-state index >= 15 is 0 Å². The maximum Gasteiger partial charge on any atom is 0.327 e. The fraction of sp³-hybridized carbons (Fsp3) is 0.500. The highest BCUT2D eigenvalue weighted by Gasteiger charge is 2.34. The largest absolute Gasteiger partial charge is 0.480 e. The molecule has 7 nitrogen and oxygen atoms in total. The van der Waals surface area contributed by atoms with Crippen LogP contribution >= 0.6 is 23.3 Å². The number of carbonyl (C=O) groups excluding carboxylic acids is 1. The van der Waals surface area contributed by atoms with Crippen molar-refractivity contribution < 1.29 is 14.7 Å². The monoisotopic (exact) mass is 274 g/mol. The number of carbonyl (C=O) groups is 2. The summed E-state index contributed by atoms with van der Waals surface area (Å²) in [4.78, 5) is 28.0. The highest BCUT2D eigenvalue weighted by atomic mass is 32.2. The highest BCUT2D eigenvalue weighted by molar-refractivity contribution is 7.99. The van der Waals surface area contributed by atoms with E-state index in [1.165, 1.54) is 16.7 Å². The number of anilines is 1. The molecule has 1 unspecified atom stereocenters. The summed E-state index contributed by atoms with van der Waals surface area (Å²) >= 11 is 2.49. The molecular weight excluding hydrogens is 264 g/mol. The summed E-state index contributed by atoms with van der Waals surface area (Å²) in [5.41, 5.74) is 0. The van der Waals surface area contributed by atoms with Gasteiger partial charge in [-0.2, -0.15) is 4.37 Å². The second-order valence-electron chi connectivity index (χ2n) is 3.40. The van der Waals surface area contributed by atoms with E-state index in [1.807, 2.05) is 0 Å². The number of amides is 2. The zero-order valence-corrected chi connectivity index (χ0v) is 10.5. The summed E-state index contributed by atoms with van der Waals surface area (Å²) in [6.45, 7) is 1.72. The maximum atomic E-state index is 11.8. The van der Waals surface area contributed by atoms with E-state index in [1.54, 1.807) is 6.92 Å². The first-order valence-corrected chi connectivity index (χ1v) is 6.69. The normalized spacial score (nSPS) is 19.4. The molecule has 17 heavy (non-hydrogen) atoms. The zero-order valence-electron chi connectivity index (χ0n) is 8.91. The van der Waals surface area contributed by atoms with Crippen LogP contribution in [0.4, 0.5) is 9.93 Å². The predicted molar refractivity (Wildman–Crippen MR) is 64.3 cm³/mol. The third-order valence-corrected chi connectivity index (χ3v) is 3.90. The van der Waals surface area contributed by atoms with Gasteiger partial charge in [-0.1, -0.05) is 0 Å². The Bertz CT molecular complexity index is 450. The molecule has 2 N–H and O–H groups in total. The Morgan fingerprint density at radius 2 is 2.35 bits per heavy atom. The molecule has 2 amide bonds. The van der Waals surface area contributed by atoms with Crippen LogP contribution in [0.1, 0.15) is 5.82 Å². The van der Waals surface area contributed by atoms with Crippen LogP contribution in [0.2, 0.25) is 0 Å². The lowest BCUT2D eigenvalue weighted by atomic mass is 10.3. The molecule has 9 heteroatoms. The van der Waals surface area contributed by atoms with E-state index in [9.17, 15) is 9.59 Å². The van der Waals surface area contributed by atoms with Crippen LogP contribution in [0.3, 0.4) is 0 Å². The van der Waals surface area contributed by atoms with Gasteiger partial charge in [-0.3, -0.25) is 5.32 Å². The average Bonchev–Trinajstić information content (AvgIpc) is 2.86. The molecular formula is C8H10N4O3S2. The van der Waals surface area contributed by atoms with Gasteiger partial charge in [0.25, 0.3) is 0 Å². The standard InChI is InChI=1S/C8H10N4O3S2/c1-4-9-7(17-11-4)10-8(15)12-3-16-2-5(12)6(13)14/h5H,2-3H2,1H3,(H,13,14)(H,9,10,11,15). The molecule has 1 atom stereocenters. The molecule has 1 fully saturated rings. The van der Waals surface area contributed by atoms with Crippen molar-refractivity contribution in [3.05, 3.63) is 5.82 Å². The SMILES string of the molecule is Cc1nsc(NC(=O)N2CSCC2C(=O)O)n1. The summed E-state index contributed by atoms with van der Waals surface area (Å²) in [5.74, 6) is 0.382. The molecule has 0 saturated carbocycles. The van der Waals surface area contributed by atoms with Crippen molar-refractivity contribution in [1.82, 2.24) is 14.3 Å². The van der Waals surface area contributed by atoms with Gasteiger partial charge < -0.3 is 10.0 Å². The molecule has 0 bridgehead atoms. The predicted octanol–water partition coefficient (Wildman–Crippen LogP) is 0.838. The number of urea groups is 1. The average molecular weight is 274 g/mol. The number of hydrogen-bond donors (Lipinski definition) is 2. The Morgan fingerprint density at radius 1 is 1.59 bits per heavy atom. The molecule has 0 aromatic carbocycles. The lowest BCUT2D eigenvalue weighted by Crippen LogP contribution is -2.43. The van der Waals surface area contributed by atoms with Gasteiger partial charge in [0.1, 0.15) is 11.9 Å². The minimum absolute atomic E-state index is 0.376. The Kier molecular flexibility index (Phi) is 3.48. The Morgan fingerprint density at radius 3 is 2.94 bits per heavy atom. The second kappa shape index (κ2) is 4.88. The number of aryl methyl sites for hydroxylation is 1. The fourth-order valence-electron chi connectivity index (χ4n) is 1.36. The minimum atomic E-state index is -0.987. The molecule has 2 heterocycles. The summed E-state index contributed by atoms with van der Waals surface area (Å²) in [7, 11) is 0. The Hall–Kier alpha value is -1.35. The van der Waals surface area contributed by atoms with E-state index < -0.39 is 18.0 Å². The first kappa shape index (κ1) is 12.1. The Balaban J connectivity index is 2.02. The minimum Gasteiger partial charge on any atom is -0.480 e. The van der Waals surface area contributed by atoms with Crippen molar-refractivity contribution in [3.63, 3.8) is 0 Å². The lowest BCUT2D eigenvalue weighted by Gasteiger charge is -2.19. The molecule has 1 aromatic rings. The van der Waals surface area contributed by atoms with Crippen molar-refractivity contribution in [3.8, 4) is 0 Å². The smallest absolute Gasteiger partial charge is 0.327 e. The number of nitrogens with one attached hydrogen (secondary N) is 1. The van der Waals surface area contributed by atoms with Gasteiger partial charge in [0.2, 0.25) is 5.13 Å². The Labute approximate surface area is 105 Å². The third-order valence-electron chi connectivity index (χ3n) is 2.17. The fourth-order valence-corrected chi connectivity index (χ4v) is 3.07. The molecule has 1 saturated heterocycles. The van der Waals surface area contributed by atoms with Crippen LogP contribution in [-0.2, 0) is 4.79 Å². The second-order valence-corrected chi connectivity index (χ2v) is 5.15. The van der Waals surface area contributed by atoms with Gasteiger partial charge in [0.15, 0.2) is 0 Å². The number of carboxylic acid groups (broad SMARTS) is 1. The number of thioether (sulfide) groups is 1. The van der Waals surface area contributed by atoms with E-state index in [0.29, 0.717) is 22.6 Å². The van der Waals surface area contributed by atoms with E-state index in [2.05, 4.69) is 14.7 Å². The van der Waals surface area contributed by atoms with E-state index in [4.69, 9.17) is 5.11 Å². The summed E-state index contributed by atoms with van der Waals surface area (Å²) in [6.07, 6.45) is 0. The zero-order chi connectivity index (χ0) is 12.4. The molecule has 0 radical (unpaired) electrons. The van der Waals surface area contributed by atoms with Gasteiger partial charge >= 0.3 is 12.0 Å². The van der Waals surface area contributed by atoms with Crippen molar-refractivity contribution in [2.24, 2.45) is 0 Å². The number of nitrogens with zero attached hydrogens (tertiary/aromatic N) is 3. The van der Waals surface area contributed by atoms with Crippen molar-refractivity contribution in [2.75, 3.05) is 16.9 Å². The van der Waals surface area contributed by atoms with Gasteiger partial charge in [-0.05, 0) is 6.92 Å². The summed E-state index contributed by atoms with van der Waals surface area (Å²) in [5, 5.41) is 11.9. The van der Waals surface area contributed by atoms with Crippen molar-refractivity contribution in [1.29, 1.82) is 0 Å². The summed E-state index contributed by atoms with van der Waals surface area (Å²) < 4.78 is 3.93. The van der Waals surface area contributed by atoms with Gasteiger partial charge in [0, 0.05) is 17.3 Å². The summed E-state index contributed by atoms with van der Waals surface area (Å²) in [6, 6.07) is -1.22. The lowest BCUT2D eigenvalue weighted by molar-refractivity contribution is -0.140. The molecule has 1 aromatic heterocycles. The van der Waals surface area contributed by atoms with Crippen LogP contribution in [-0.4, -0.2) is 49.0 Å². The molecule has 2 rings (SSSR count). The number of aliphatic carboxylic acids is 1. The number of aromatic nitrogens is 2. The van der Waals surface area contributed by atoms with E-state index in [-0.39, 0.29) is 0 Å². The molecule has 0 aliphatic carbocycles. The van der Waals surface area contributed by atoms with Crippen molar-refractivity contribution in [2.45, 2.75) is 13.0 Å². The van der Waals surface area contributed by atoms with E-state index in [0.717, 1.165) is 11.5 Å². The maximum absolute atomic E-state index is 11.8. The topological polar surface area (TPSA) is 95.4 Å². The van der Waals surface area contributed by atoms with Gasteiger partial charge in [-0.25, -0.2) is 14.6 Å². The number of rotatable bonds is 2.